The Morgan fingerprint density at radius 1 is 1.17 bits per heavy atom. The fourth-order valence-corrected chi connectivity index (χ4v) is 2.82. The van der Waals surface area contributed by atoms with Crippen LogP contribution in [0.3, 0.4) is 0 Å². The van der Waals surface area contributed by atoms with Gasteiger partial charge in [-0.3, -0.25) is 4.90 Å². The van der Waals surface area contributed by atoms with Gasteiger partial charge in [-0.1, -0.05) is 0 Å². The number of nitrogens with zero attached hydrogens (tertiary/aromatic N) is 4. The minimum Gasteiger partial charge on any atom is -0.418 e. The van der Waals surface area contributed by atoms with Gasteiger partial charge in [0.2, 0.25) is 5.82 Å². The fourth-order valence-electron chi connectivity index (χ4n) is 2.82. The number of anilines is 2. The number of fused-ring (bicyclic) bond motifs is 1. The molecule has 0 radical (unpaired) electrons. The summed E-state index contributed by atoms with van der Waals surface area (Å²) in [5.41, 5.74) is 2.01. The van der Waals surface area contributed by atoms with Gasteiger partial charge in [-0.05, 0) is 33.1 Å². The van der Waals surface area contributed by atoms with Crippen molar-refractivity contribution in [1.29, 1.82) is 0 Å². The van der Waals surface area contributed by atoms with Gasteiger partial charge >= 0.3 is 13.2 Å². The van der Waals surface area contributed by atoms with Crippen molar-refractivity contribution < 1.29 is 22.2 Å². The predicted octanol–water partition coefficient (Wildman–Crippen LogP) is 3.04. The van der Waals surface area contributed by atoms with Crippen molar-refractivity contribution >= 4 is 30.9 Å². The number of nitrogens with one attached hydrogen (secondary N) is 1. The van der Waals surface area contributed by atoms with E-state index in [1.165, 1.54) is 19.3 Å². The average molecular weight is 347 g/mol. The number of piperidine rings is 1. The molecule has 24 heavy (non-hydrogen) atoms. The summed E-state index contributed by atoms with van der Waals surface area (Å²) in [6.07, 6.45) is 5.84. The molecule has 0 amide bonds. The molecule has 0 unspecified atom stereocenters. The van der Waals surface area contributed by atoms with E-state index in [2.05, 4.69) is 33.6 Å². The third-order valence-corrected chi connectivity index (χ3v) is 3.95. The van der Waals surface area contributed by atoms with Crippen LogP contribution >= 0.6 is 0 Å². The lowest BCUT2D eigenvalue weighted by molar-refractivity contribution is -0.354. The molecule has 5 nitrogen and oxygen atoms in total. The molecule has 1 fully saturated rings. The van der Waals surface area contributed by atoms with Crippen molar-refractivity contribution in [2.45, 2.75) is 33.1 Å². The van der Waals surface area contributed by atoms with Crippen LogP contribution in [0.25, 0.3) is 0 Å². The summed E-state index contributed by atoms with van der Waals surface area (Å²) in [4.78, 5) is 17.4. The molecular formula is C14H22BF4N5. The van der Waals surface area contributed by atoms with E-state index in [0.29, 0.717) is 0 Å². The molecule has 0 aromatic carbocycles. The molecule has 0 bridgehead atoms. The van der Waals surface area contributed by atoms with Crippen LogP contribution in [0.15, 0.2) is 4.99 Å². The third kappa shape index (κ3) is 5.07. The first kappa shape index (κ1) is 18.5. The molecule has 2 aliphatic heterocycles. The Labute approximate surface area is 138 Å². The second kappa shape index (κ2) is 7.80. The molecule has 0 spiro atoms. The smallest absolute Gasteiger partial charge is 0.418 e. The molecule has 0 aliphatic carbocycles. The van der Waals surface area contributed by atoms with E-state index >= 15 is 0 Å². The van der Waals surface area contributed by atoms with Crippen LogP contribution in [-0.2, 0) is 0 Å². The highest BCUT2D eigenvalue weighted by atomic mass is 19.5. The number of aromatic amines is 1. The zero-order valence-corrected chi connectivity index (χ0v) is 13.9. The molecular weight excluding hydrogens is 325 g/mol. The Morgan fingerprint density at radius 2 is 1.79 bits per heavy atom. The highest BCUT2D eigenvalue weighted by molar-refractivity contribution is 6.50. The molecule has 2 aliphatic rings. The zero-order valence-electron chi connectivity index (χ0n) is 13.9. The Hall–Kier alpha value is -1.87. The van der Waals surface area contributed by atoms with Crippen LogP contribution in [0.1, 0.15) is 31.9 Å². The SMILES string of the molecule is CCN1CC=Nc2c(C)nc(N3CCCCC3)[nH+]c21.F[B-](F)(F)F. The molecule has 3 heterocycles. The molecule has 0 saturated carbocycles. The van der Waals surface area contributed by atoms with Crippen molar-refractivity contribution in [3.05, 3.63) is 5.69 Å². The third-order valence-electron chi connectivity index (χ3n) is 3.95. The first-order valence-corrected chi connectivity index (χ1v) is 8.13. The first-order chi connectivity index (χ1) is 11.3. The topological polar surface area (TPSA) is 45.9 Å². The minimum atomic E-state index is -6.00. The summed E-state index contributed by atoms with van der Waals surface area (Å²) < 4.78 is 39.0. The lowest BCUT2D eigenvalue weighted by Gasteiger charge is -2.26. The van der Waals surface area contributed by atoms with E-state index in [9.17, 15) is 17.3 Å². The maximum Gasteiger partial charge on any atom is 0.673 e. The van der Waals surface area contributed by atoms with Crippen LogP contribution in [0.4, 0.5) is 34.7 Å². The van der Waals surface area contributed by atoms with Crippen LogP contribution in [0, 0.1) is 6.92 Å². The molecule has 3 rings (SSSR count). The van der Waals surface area contributed by atoms with E-state index < -0.39 is 7.25 Å². The summed E-state index contributed by atoms with van der Waals surface area (Å²) in [6.45, 7) is 8.30. The highest BCUT2D eigenvalue weighted by Gasteiger charge is 2.26. The number of halogens is 4. The van der Waals surface area contributed by atoms with Gasteiger partial charge in [0, 0.05) is 6.21 Å². The van der Waals surface area contributed by atoms with Crippen molar-refractivity contribution in [2.75, 3.05) is 36.0 Å². The molecule has 134 valence electrons. The van der Waals surface area contributed by atoms with Crippen molar-refractivity contribution in [1.82, 2.24) is 4.98 Å². The first-order valence-electron chi connectivity index (χ1n) is 8.13. The fraction of sp³-hybridized carbons (Fsp3) is 0.643. The summed E-state index contributed by atoms with van der Waals surface area (Å²) in [7, 11) is -6.00. The number of rotatable bonds is 2. The second-order valence-corrected chi connectivity index (χ2v) is 5.74. The van der Waals surface area contributed by atoms with Gasteiger partial charge in [-0.15, -0.1) is 4.98 Å². The summed E-state index contributed by atoms with van der Waals surface area (Å²) in [5, 5.41) is 0. The van der Waals surface area contributed by atoms with Crippen molar-refractivity contribution in [3.8, 4) is 0 Å². The Morgan fingerprint density at radius 3 is 2.38 bits per heavy atom. The molecule has 1 saturated heterocycles. The molecule has 1 aromatic rings. The maximum atomic E-state index is 9.75. The standard InChI is InChI=1S/C14H21N5.BF4/c1-3-18-10-7-15-12-11(2)16-14(17-13(12)18)19-8-5-4-6-9-19;2-1(3,4)5/h7H,3-6,8-10H2,1-2H3;/q;-1/p+1. The van der Waals surface area contributed by atoms with Gasteiger partial charge in [0.25, 0.3) is 0 Å². The van der Waals surface area contributed by atoms with E-state index in [1.807, 2.05) is 6.21 Å². The van der Waals surface area contributed by atoms with Crippen LogP contribution in [0.5, 0.6) is 0 Å². The largest absolute Gasteiger partial charge is 0.673 e. The molecule has 10 heteroatoms. The zero-order chi connectivity index (χ0) is 17.7. The Kier molecular flexibility index (Phi) is 6.01. The lowest BCUT2D eigenvalue weighted by atomic mass is 10.1. The minimum absolute atomic E-state index is 0.878. The van der Waals surface area contributed by atoms with Crippen LogP contribution < -0.4 is 14.8 Å². The quantitative estimate of drug-likeness (QED) is 0.610. The number of hydrogen-bond acceptors (Lipinski definition) is 4. The monoisotopic (exact) mass is 347 g/mol. The maximum absolute atomic E-state index is 9.75. The number of H-pyrrole nitrogens is 1. The molecule has 0 atom stereocenters. The van der Waals surface area contributed by atoms with Gasteiger partial charge in [0.1, 0.15) is 5.69 Å². The van der Waals surface area contributed by atoms with Gasteiger partial charge in [0.15, 0.2) is 5.69 Å². The number of aromatic nitrogens is 2. The normalized spacial score (nSPS) is 17.2. The van der Waals surface area contributed by atoms with Gasteiger partial charge in [0.05, 0.1) is 26.2 Å². The number of hydrogen-bond donors (Lipinski definition) is 0. The van der Waals surface area contributed by atoms with Crippen LogP contribution in [-0.4, -0.2) is 44.6 Å². The van der Waals surface area contributed by atoms with E-state index in [0.717, 1.165) is 49.3 Å². The van der Waals surface area contributed by atoms with Gasteiger partial charge in [-0.25, -0.2) is 9.98 Å². The highest BCUT2D eigenvalue weighted by Crippen LogP contribution is 2.30. The molecule has 1 aromatic heterocycles. The second-order valence-electron chi connectivity index (χ2n) is 5.74. The molecule has 1 N–H and O–H groups in total. The Balaban J connectivity index is 0.000000368. The number of aliphatic imine (C=N–C) groups is 1. The van der Waals surface area contributed by atoms with E-state index in [4.69, 9.17) is 4.98 Å². The summed E-state index contributed by atoms with van der Waals surface area (Å²) in [5.74, 6) is 2.13. The van der Waals surface area contributed by atoms with Crippen molar-refractivity contribution in [2.24, 2.45) is 4.99 Å². The summed E-state index contributed by atoms with van der Waals surface area (Å²) in [6, 6.07) is 0. The van der Waals surface area contributed by atoms with E-state index in [-0.39, 0.29) is 0 Å². The number of aryl methyl sites for hydroxylation is 1. The Bertz CT molecular complexity index is 581. The predicted molar refractivity (Wildman–Crippen MR) is 87.8 cm³/mol. The van der Waals surface area contributed by atoms with E-state index in [1.54, 1.807) is 0 Å². The van der Waals surface area contributed by atoms with Gasteiger partial charge < -0.3 is 22.2 Å². The van der Waals surface area contributed by atoms with Crippen LogP contribution in [0.2, 0.25) is 0 Å². The summed E-state index contributed by atoms with van der Waals surface area (Å²) >= 11 is 0. The van der Waals surface area contributed by atoms with Crippen molar-refractivity contribution in [3.63, 3.8) is 0 Å². The average Bonchev–Trinajstić information content (AvgIpc) is 2.53. The van der Waals surface area contributed by atoms with Gasteiger partial charge in [-0.2, -0.15) is 0 Å². The lowest BCUT2D eigenvalue weighted by Crippen LogP contribution is -2.39.